The van der Waals surface area contributed by atoms with Crippen molar-refractivity contribution in [3.63, 3.8) is 0 Å². The molecule has 7 heteroatoms. The van der Waals surface area contributed by atoms with Crippen LogP contribution in [0.25, 0.3) is 0 Å². The van der Waals surface area contributed by atoms with Crippen molar-refractivity contribution in [3.05, 3.63) is 71.2 Å². The molecule has 3 rings (SSSR count). The largest absolute Gasteiger partial charge is 0.493 e. The van der Waals surface area contributed by atoms with Gasteiger partial charge in [-0.15, -0.1) is 11.3 Å². The number of aromatic nitrogens is 1. The molecule has 0 spiro atoms. The Kier molecular flexibility index (Phi) is 7.19. The second-order valence-electron chi connectivity index (χ2n) is 7.12. The first-order chi connectivity index (χ1) is 14.4. The van der Waals surface area contributed by atoms with Crippen LogP contribution in [0.5, 0.6) is 5.75 Å². The van der Waals surface area contributed by atoms with E-state index in [9.17, 15) is 9.59 Å². The summed E-state index contributed by atoms with van der Waals surface area (Å²) in [5.74, 6) is 0.433. The zero-order chi connectivity index (χ0) is 21.5. The first-order valence-electron chi connectivity index (χ1n) is 9.64. The molecule has 0 saturated carbocycles. The summed E-state index contributed by atoms with van der Waals surface area (Å²) in [5, 5.41) is 2.31. The summed E-state index contributed by atoms with van der Waals surface area (Å²) in [6, 6.07) is 16.2. The number of benzene rings is 2. The molecule has 6 nitrogen and oxygen atoms in total. The van der Waals surface area contributed by atoms with E-state index in [0.29, 0.717) is 34.7 Å². The second-order valence-corrected chi connectivity index (χ2v) is 7.96. The first-order valence-corrected chi connectivity index (χ1v) is 10.5. The highest BCUT2D eigenvalue weighted by atomic mass is 32.1. The Morgan fingerprint density at radius 1 is 1.10 bits per heavy atom. The van der Waals surface area contributed by atoms with Crippen LogP contribution in [0.1, 0.15) is 36.8 Å². The van der Waals surface area contributed by atoms with E-state index in [1.165, 1.54) is 23.2 Å². The van der Waals surface area contributed by atoms with E-state index in [1.807, 2.05) is 36.4 Å². The highest BCUT2D eigenvalue weighted by Gasteiger charge is 2.18. The number of thiazole rings is 1. The average Bonchev–Trinajstić information content (AvgIpc) is 3.19. The van der Waals surface area contributed by atoms with Gasteiger partial charge in [-0.2, -0.15) is 0 Å². The van der Waals surface area contributed by atoms with Gasteiger partial charge < -0.3 is 9.47 Å². The van der Waals surface area contributed by atoms with Gasteiger partial charge in [-0.25, -0.2) is 9.78 Å². The van der Waals surface area contributed by atoms with Crippen molar-refractivity contribution in [3.8, 4) is 5.75 Å². The lowest BCUT2D eigenvalue weighted by Gasteiger charge is -2.17. The topological polar surface area (TPSA) is 68.7 Å². The molecule has 0 bridgehead atoms. The third kappa shape index (κ3) is 5.67. The number of para-hydroxylation sites is 1. The fraction of sp³-hybridized carbons (Fsp3) is 0.261. The van der Waals surface area contributed by atoms with Crippen LogP contribution >= 0.6 is 11.3 Å². The number of carbonyl (C=O) groups excluding carboxylic acids is 2. The Morgan fingerprint density at radius 3 is 2.57 bits per heavy atom. The SMILES string of the molecule is CC(=O)N(c1ccccc1)c1nc(COC(=O)c2cccc(OCC(C)C)c2)cs1. The third-order valence-electron chi connectivity index (χ3n) is 4.06. The summed E-state index contributed by atoms with van der Waals surface area (Å²) in [5.41, 5.74) is 1.74. The number of hydrogen-bond donors (Lipinski definition) is 0. The van der Waals surface area contributed by atoms with Crippen molar-refractivity contribution in [2.45, 2.75) is 27.4 Å². The van der Waals surface area contributed by atoms with Gasteiger partial charge in [0.15, 0.2) is 5.13 Å². The molecule has 0 fully saturated rings. The standard InChI is InChI=1S/C23H24N2O4S/c1-16(2)13-28-21-11-7-8-18(12-21)22(27)29-14-19-15-30-23(24-19)25(17(3)26)20-9-5-4-6-10-20/h4-12,15-16H,13-14H2,1-3H3. The fourth-order valence-electron chi connectivity index (χ4n) is 2.67. The molecule has 0 aliphatic heterocycles. The number of nitrogens with zero attached hydrogens (tertiary/aromatic N) is 2. The molecule has 0 radical (unpaired) electrons. The molecule has 2 aromatic carbocycles. The van der Waals surface area contributed by atoms with Crippen LogP contribution in [-0.4, -0.2) is 23.5 Å². The number of anilines is 2. The van der Waals surface area contributed by atoms with Crippen LogP contribution < -0.4 is 9.64 Å². The lowest BCUT2D eigenvalue weighted by Crippen LogP contribution is -2.22. The molecule has 30 heavy (non-hydrogen) atoms. The molecule has 0 atom stereocenters. The minimum absolute atomic E-state index is 0.0208. The van der Waals surface area contributed by atoms with E-state index >= 15 is 0 Å². The highest BCUT2D eigenvalue weighted by Crippen LogP contribution is 2.29. The van der Waals surface area contributed by atoms with Gasteiger partial charge in [0.05, 0.1) is 23.6 Å². The lowest BCUT2D eigenvalue weighted by atomic mass is 10.2. The number of ether oxygens (including phenoxy) is 2. The molecule has 0 N–H and O–H groups in total. The Bertz CT molecular complexity index is 1000. The maximum atomic E-state index is 12.4. The first kappa shape index (κ1) is 21.5. The molecule has 1 amide bonds. The fourth-order valence-corrected chi connectivity index (χ4v) is 3.54. The number of esters is 1. The normalized spacial score (nSPS) is 10.7. The van der Waals surface area contributed by atoms with Gasteiger partial charge in [0.25, 0.3) is 0 Å². The summed E-state index contributed by atoms with van der Waals surface area (Å²) >= 11 is 1.32. The van der Waals surface area contributed by atoms with Gasteiger partial charge in [-0.05, 0) is 36.2 Å². The predicted octanol–water partition coefficient (Wildman–Crippen LogP) is 5.22. The van der Waals surface area contributed by atoms with Crippen LogP contribution in [0.2, 0.25) is 0 Å². The van der Waals surface area contributed by atoms with E-state index in [1.54, 1.807) is 23.6 Å². The van der Waals surface area contributed by atoms with Gasteiger partial charge in [0.1, 0.15) is 12.4 Å². The quantitative estimate of drug-likeness (QED) is 0.464. The van der Waals surface area contributed by atoms with Crippen molar-refractivity contribution < 1.29 is 19.1 Å². The monoisotopic (exact) mass is 424 g/mol. The molecule has 0 saturated heterocycles. The Balaban J connectivity index is 1.64. The zero-order valence-electron chi connectivity index (χ0n) is 17.2. The number of carbonyl (C=O) groups is 2. The van der Waals surface area contributed by atoms with Crippen molar-refractivity contribution in [1.29, 1.82) is 0 Å². The molecule has 156 valence electrons. The van der Waals surface area contributed by atoms with E-state index in [2.05, 4.69) is 18.8 Å². The third-order valence-corrected chi connectivity index (χ3v) is 4.94. The summed E-state index contributed by atoms with van der Waals surface area (Å²) in [7, 11) is 0. The molecule has 0 aliphatic rings. The molecule has 0 aliphatic carbocycles. The maximum Gasteiger partial charge on any atom is 0.338 e. The Hall–Kier alpha value is -3.19. The van der Waals surface area contributed by atoms with Crippen LogP contribution in [0.15, 0.2) is 60.0 Å². The Labute approximate surface area is 180 Å². The number of hydrogen-bond acceptors (Lipinski definition) is 6. The summed E-state index contributed by atoms with van der Waals surface area (Å²) in [6.45, 7) is 6.21. The van der Waals surface area contributed by atoms with Crippen LogP contribution in [0, 0.1) is 5.92 Å². The average molecular weight is 425 g/mol. The van der Waals surface area contributed by atoms with Gasteiger partial charge >= 0.3 is 5.97 Å². The smallest absolute Gasteiger partial charge is 0.338 e. The molecular weight excluding hydrogens is 400 g/mol. The molecular formula is C23H24N2O4S. The summed E-state index contributed by atoms with van der Waals surface area (Å²) < 4.78 is 11.1. The van der Waals surface area contributed by atoms with Crippen LogP contribution in [0.4, 0.5) is 10.8 Å². The van der Waals surface area contributed by atoms with Crippen LogP contribution in [-0.2, 0) is 16.1 Å². The second kappa shape index (κ2) is 10.0. The maximum absolute atomic E-state index is 12.4. The zero-order valence-corrected chi connectivity index (χ0v) is 18.0. The summed E-state index contributed by atoms with van der Waals surface area (Å²) in [6.07, 6.45) is 0. The van der Waals surface area contributed by atoms with Gasteiger partial charge in [-0.3, -0.25) is 9.69 Å². The van der Waals surface area contributed by atoms with Crippen molar-refractivity contribution in [1.82, 2.24) is 4.98 Å². The minimum Gasteiger partial charge on any atom is -0.493 e. The van der Waals surface area contributed by atoms with Gasteiger partial charge in [0.2, 0.25) is 5.91 Å². The van der Waals surface area contributed by atoms with E-state index in [4.69, 9.17) is 9.47 Å². The lowest BCUT2D eigenvalue weighted by molar-refractivity contribution is -0.115. The van der Waals surface area contributed by atoms with Crippen molar-refractivity contribution in [2.75, 3.05) is 11.5 Å². The minimum atomic E-state index is -0.453. The Morgan fingerprint density at radius 2 is 1.87 bits per heavy atom. The number of rotatable bonds is 8. The summed E-state index contributed by atoms with van der Waals surface area (Å²) in [4.78, 5) is 30.5. The van der Waals surface area contributed by atoms with Crippen LogP contribution in [0.3, 0.4) is 0 Å². The van der Waals surface area contributed by atoms with Crippen molar-refractivity contribution in [2.24, 2.45) is 5.92 Å². The van der Waals surface area contributed by atoms with E-state index in [0.717, 1.165) is 5.69 Å². The van der Waals surface area contributed by atoms with Gasteiger partial charge in [-0.1, -0.05) is 38.1 Å². The molecule has 0 unspecified atom stereocenters. The van der Waals surface area contributed by atoms with E-state index < -0.39 is 5.97 Å². The van der Waals surface area contributed by atoms with E-state index in [-0.39, 0.29) is 12.5 Å². The van der Waals surface area contributed by atoms with Gasteiger partial charge in [0, 0.05) is 12.3 Å². The molecule has 1 heterocycles. The van der Waals surface area contributed by atoms with Crippen molar-refractivity contribution >= 4 is 34.0 Å². The molecule has 1 aromatic heterocycles. The predicted molar refractivity (Wildman–Crippen MR) is 117 cm³/mol. The highest BCUT2D eigenvalue weighted by molar-refractivity contribution is 7.14. The number of amides is 1. The molecule has 3 aromatic rings.